The van der Waals surface area contributed by atoms with Crippen LogP contribution in [0.2, 0.25) is 36.3 Å². The molecule has 0 N–H and O–H groups in total. The van der Waals surface area contributed by atoms with Gasteiger partial charge in [-0.3, -0.25) is 0 Å². The second-order valence-corrected chi connectivity index (χ2v) is 27.7. The Hall–Kier alpha value is -0.446. The minimum atomic E-state index is -1.93. The highest BCUT2D eigenvalue weighted by Gasteiger charge is 2.40. The van der Waals surface area contributed by atoms with Crippen LogP contribution < -0.4 is 36.0 Å². The van der Waals surface area contributed by atoms with Crippen molar-refractivity contribution in [3.8, 4) is 11.5 Å². The fourth-order valence-corrected chi connectivity index (χ4v) is 12.2. The lowest BCUT2D eigenvalue weighted by Gasteiger charge is -2.39. The number of halogens is 4. The first-order valence-electron chi connectivity index (χ1n) is 15.1. The Morgan fingerprint density at radius 3 is 1.23 bits per heavy atom. The first-order valence-corrected chi connectivity index (χ1v) is 24.8. The Kier molecular flexibility index (Phi) is 10.7. The number of allylic oxidation sites excluding steroid dienone is 2. The molecule has 2 aliphatic rings. The van der Waals surface area contributed by atoms with Crippen molar-refractivity contribution in [2.45, 2.75) is 103 Å². The van der Waals surface area contributed by atoms with E-state index < -0.39 is 16.1 Å². The molecule has 0 amide bonds. The molecule has 43 heavy (non-hydrogen) atoms. The fraction of sp³-hybridized carbons (Fsp3) is 0.444. The Balaban J connectivity index is 2.18. The van der Waals surface area contributed by atoms with E-state index in [-0.39, 0.29) is 10.1 Å². The molecule has 1 nitrogen and oxygen atoms in total. The van der Waals surface area contributed by atoms with Crippen molar-refractivity contribution >= 4 is 112 Å². The normalized spacial score (nSPS) is 18.8. The minimum absolute atomic E-state index is 0.180. The van der Waals surface area contributed by atoms with Crippen molar-refractivity contribution in [1.29, 1.82) is 0 Å². The number of ether oxygens (including phenoxy) is 1. The zero-order chi connectivity index (χ0) is 32.1. The topological polar surface area (TPSA) is 9.23 Å². The SMILES string of the molecule is CC(C)(C)[Si](C)(C)c1cc2c(c(Oc3c4c(cc([Si](C)(C)C(C)(C)C)c3=CBr)=CCC(=CBr)C4)c1=CBr)CC(=CBr)CC=2. The molecule has 2 aromatic rings. The molecule has 4 rings (SSSR count). The third-order valence-corrected chi connectivity index (χ3v) is 23.9. The molecule has 0 saturated carbocycles. The number of benzene rings is 2. The van der Waals surface area contributed by atoms with E-state index in [1.54, 1.807) is 0 Å². The van der Waals surface area contributed by atoms with E-state index in [4.69, 9.17) is 4.74 Å². The summed E-state index contributed by atoms with van der Waals surface area (Å²) in [6.07, 6.45) is 8.44. The quantitative estimate of drug-likeness (QED) is 0.279. The second-order valence-electron chi connectivity index (χ2n) is 15.2. The monoisotopic (exact) mass is 866 g/mol. The molecular weight excluding hydrogens is 824 g/mol. The molecule has 7 heteroatoms. The van der Waals surface area contributed by atoms with E-state index in [2.05, 4.69) is 176 Å². The molecular formula is C36H46Br4OSi2. The second kappa shape index (κ2) is 13.0. The lowest BCUT2D eigenvalue weighted by Crippen LogP contribution is -2.58. The molecule has 0 aliphatic heterocycles. The smallest absolute Gasteiger partial charge is 0.139 e. The molecule has 0 heterocycles. The predicted octanol–water partition coefficient (Wildman–Crippen LogP) is 9.19. The third-order valence-electron chi connectivity index (χ3n) is 10.7. The van der Waals surface area contributed by atoms with Crippen LogP contribution in [0.15, 0.2) is 33.2 Å². The maximum Gasteiger partial charge on any atom is 0.139 e. The lowest BCUT2D eigenvalue weighted by atomic mass is 9.93. The van der Waals surface area contributed by atoms with Crippen molar-refractivity contribution in [3.05, 3.63) is 65.3 Å². The summed E-state index contributed by atoms with van der Waals surface area (Å²) >= 11 is 15.0. The molecule has 0 aromatic heterocycles. The summed E-state index contributed by atoms with van der Waals surface area (Å²) < 4.78 is 7.50. The van der Waals surface area contributed by atoms with Crippen LogP contribution in [0.1, 0.15) is 65.5 Å². The summed E-state index contributed by atoms with van der Waals surface area (Å²) in [5, 5.41) is 8.27. The summed E-state index contributed by atoms with van der Waals surface area (Å²) in [7, 11) is -3.86. The van der Waals surface area contributed by atoms with Gasteiger partial charge in [-0.1, -0.05) is 167 Å². The van der Waals surface area contributed by atoms with E-state index in [9.17, 15) is 0 Å². The highest BCUT2D eigenvalue weighted by Crippen LogP contribution is 2.37. The highest BCUT2D eigenvalue weighted by atomic mass is 79.9. The van der Waals surface area contributed by atoms with Gasteiger partial charge in [0.2, 0.25) is 0 Å². The van der Waals surface area contributed by atoms with Crippen LogP contribution in [0.5, 0.6) is 11.5 Å². The van der Waals surface area contributed by atoms with E-state index in [1.807, 2.05) is 0 Å². The van der Waals surface area contributed by atoms with Gasteiger partial charge in [0.15, 0.2) is 0 Å². The summed E-state index contributed by atoms with van der Waals surface area (Å²) in [6.45, 7) is 24.4. The van der Waals surface area contributed by atoms with Crippen molar-refractivity contribution < 1.29 is 4.74 Å². The van der Waals surface area contributed by atoms with Crippen LogP contribution >= 0.6 is 63.7 Å². The van der Waals surface area contributed by atoms with Crippen LogP contribution in [0.3, 0.4) is 0 Å². The van der Waals surface area contributed by atoms with Gasteiger partial charge in [0.05, 0.1) is 16.1 Å². The Morgan fingerprint density at radius 2 is 0.953 bits per heavy atom. The minimum Gasteiger partial charge on any atom is -0.455 e. The first-order chi connectivity index (χ1) is 19.9. The Labute approximate surface area is 294 Å². The van der Waals surface area contributed by atoms with Crippen molar-refractivity contribution in [3.63, 3.8) is 0 Å². The predicted molar refractivity (Wildman–Crippen MR) is 211 cm³/mol. The maximum atomic E-state index is 7.50. The van der Waals surface area contributed by atoms with Crippen LogP contribution in [0.4, 0.5) is 0 Å². The van der Waals surface area contributed by atoms with Gasteiger partial charge in [0.25, 0.3) is 0 Å². The molecule has 0 unspecified atom stereocenters. The summed E-state index contributed by atoms with van der Waals surface area (Å²) in [6, 6.07) is 4.96. The first kappa shape index (κ1) is 35.4. The zero-order valence-electron chi connectivity index (χ0n) is 27.4. The Morgan fingerprint density at radius 1 is 0.605 bits per heavy atom. The van der Waals surface area contributed by atoms with Crippen molar-refractivity contribution in [2.75, 3.05) is 0 Å². The van der Waals surface area contributed by atoms with Crippen LogP contribution in [0.25, 0.3) is 22.1 Å². The van der Waals surface area contributed by atoms with Gasteiger partial charge in [-0.2, -0.15) is 0 Å². The number of hydrogen-bond donors (Lipinski definition) is 0. The number of hydrogen-bond acceptors (Lipinski definition) is 1. The van der Waals surface area contributed by atoms with Gasteiger partial charge in [-0.25, -0.2) is 0 Å². The van der Waals surface area contributed by atoms with E-state index in [1.165, 1.54) is 53.5 Å². The van der Waals surface area contributed by atoms with Crippen molar-refractivity contribution in [2.24, 2.45) is 0 Å². The molecule has 0 fully saturated rings. The van der Waals surface area contributed by atoms with Gasteiger partial charge < -0.3 is 4.74 Å². The molecule has 2 aliphatic carbocycles. The maximum absolute atomic E-state index is 7.50. The number of fused-ring (bicyclic) bond motifs is 2. The molecule has 232 valence electrons. The zero-order valence-corrected chi connectivity index (χ0v) is 35.7. The van der Waals surface area contributed by atoms with Crippen molar-refractivity contribution in [1.82, 2.24) is 0 Å². The summed E-state index contributed by atoms with van der Waals surface area (Å²) in [5.41, 5.74) is 5.27. The molecule has 0 spiro atoms. The van der Waals surface area contributed by atoms with Gasteiger partial charge in [-0.15, -0.1) is 0 Å². The Bertz CT molecular complexity index is 1620. The van der Waals surface area contributed by atoms with E-state index in [0.29, 0.717) is 0 Å². The van der Waals surface area contributed by atoms with Gasteiger partial charge in [0, 0.05) is 21.6 Å². The van der Waals surface area contributed by atoms with Crippen LogP contribution in [-0.2, 0) is 12.8 Å². The van der Waals surface area contributed by atoms with Crippen LogP contribution in [-0.4, -0.2) is 16.1 Å². The van der Waals surface area contributed by atoms with Gasteiger partial charge in [0.1, 0.15) is 11.5 Å². The third kappa shape index (κ3) is 6.56. The fourth-order valence-electron chi connectivity index (χ4n) is 5.84. The number of rotatable bonds is 4. The molecule has 0 radical (unpaired) electrons. The van der Waals surface area contributed by atoms with Crippen LogP contribution in [0, 0.1) is 0 Å². The molecule has 0 saturated heterocycles. The summed E-state index contributed by atoms with van der Waals surface area (Å²) in [5.74, 6) is 1.99. The van der Waals surface area contributed by atoms with Gasteiger partial charge >= 0.3 is 0 Å². The highest BCUT2D eigenvalue weighted by molar-refractivity contribution is 9.14. The van der Waals surface area contributed by atoms with E-state index in [0.717, 1.165) is 37.2 Å². The summed E-state index contributed by atoms with van der Waals surface area (Å²) in [4.78, 5) is 8.44. The molecule has 0 atom stereocenters. The average molecular weight is 871 g/mol. The van der Waals surface area contributed by atoms with E-state index >= 15 is 0 Å². The largest absolute Gasteiger partial charge is 0.455 e. The standard InChI is InChI=1S/C36H46Br4OSi2/c1-35(2,3)42(7,8)31-17-25-13-11-23(19-37)15-27(25)33(29(31)21-39)41-34-28-16-24(20-38)12-14-26(28)18-32(30(34)22-40)43(9,10)36(4,5)6/h13-14,17-22H,11-12,15-16H2,1-10H3. The average Bonchev–Trinajstić information content (AvgIpc) is 2.94. The van der Waals surface area contributed by atoms with Gasteiger partial charge in [-0.05, 0) is 76.5 Å². The molecule has 2 aromatic carbocycles. The molecule has 0 bridgehead atoms. The lowest BCUT2D eigenvalue weighted by molar-refractivity contribution is 0.463.